The third-order valence-electron chi connectivity index (χ3n) is 7.82. The number of nitrogens with zero attached hydrogens (tertiary/aromatic N) is 1. The molecule has 7 nitrogen and oxygen atoms in total. The Balaban J connectivity index is 1.65. The van der Waals surface area contributed by atoms with Crippen LogP contribution in [0, 0.1) is 16.7 Å². The van der Waals surface area contributed by atoms with Crippen molar-refractivity contribution in [3.05, 3.63) is 23.8 Å². The molecule has 1 aromatic rings. The van der Waals surface area contributed by atoms with Gasteiger partial charge in [0.05, 0.1) is 18.9 Å². The van der Waals surface area contributed by atoms with Crippen LogP contribution in [0.5, 0.6) is 0 Å². The van der Waals surface area contributed by atoms with E-state index in [1.54, 1.807) is 12.1 Å². The summed E-state index contributed by atoms with van der Waals surface area (Å²) in [5.41, 5.74) is 1.04. The molecular formula is C24H37N3O4S. The second-order valence-electron chi connectivity index (χ2n) is 10.8. The second-order valence-corrected chi connectivity index (χ2v) is 12.8. The second kappa shape index (κ2) is 8.29. The van der Waals surface area contributed by atoms with Crippen LogP contribution in [0.1, 0.15) is 64.2 Å². The van der Waals surface area contributed by atoms with Gasteiger partial charge in [0.25, 0.3) is 5.91 Å². The number of hydrogen-bond donors (Lipinski definition) is 2. The first kappa shape index (κ1) is 23.5. The van der Waals surface area contributed by atoms with E-state index in [0.29, 0.717) is 43.5 Å². The highest BCUT2D eigenvalue weighted by atomic mass is 32.2. The minimum absolute atomic E-state index is 0.0322. The molecule has 1 aliphatic heterocycles. The van der Waals surface area contributed by atoms with Crippen LogP contribution in [-0.2, 0) is 14.8 Å². The SMILES string of the molecule is CC(C)Nc1ccc(C(=O)NC2C(C)(C)[C@H]3CC[C@@]2(C)C3)cc1S(=O)(=O)N1CCOCC1. The fourth-order valence-corrected chi connectivity index (χ4v) is 7.70. The van der Waals surface area contributed by atoms with Gasteiger partial charge in [-0.05, 0) is 68.1 Å². The molecule has 1 heterocycles. The van der Waals surface area contributed by atoms with E-state index >= 15 is 0 Å². The molecule has 0 spiro atoms. The van der Waals surface area contributed by atoms with E-state index in [1.165, 1.54) is 16.8 Å². The van der Waals surface area contributed by atoms with Crippen molar-refractivity contribution in [3.8, 4) is 0 Å². The summed E-state index contributed by atoms with van der Waals surface area (Å²) in [6, 6.07) is 5.11. The summed E-state index contributed by atoms with van der Waals surface area (Å²) in [6.07, 6.45) is 3.48. The monoisotopic (exact) mass is 463 g/mol. The molecular weight excluding hydrogens is 426 g/mol. The normalized spacial score (nSPS) is 29.9. The van der Waals surface area contributed by atoms with Crippen molar-refractivity contribution in [2.45, 2.75) is 70.9 Å². The minimum Gasteiger partial charge on any atom is -0.382 e. The molecule has 1 saturated heterocycles. The molecule has 1 unspecified atom stereocenters. The lowest BCUT2D eigenvalue weighted by atomic mass is 9.68. The van der Waals surface area contributed by atoms with E-state index in [4.69, 9.17) is 4.74 Å². The summed E-state index contributed by atoms with van der Waals surface area (Å²) in [5.74, 6) is 0.416. The van der Waals surface area contributed by atoms with Crippen LogP contribution < -0.4 is 10.6 Å². The maximum Gasteiger partial charge on any atom is 0.251 e. The van der Waals surface area contributed by atoms with Crippen LogP contribution in [0.4, 0.5) is 5.69 Å². The molecule has 4 rings (SSSR count). The Morgan fingerprint density at radius 2 is 1.88 bits per heavy atom. The molecule has 178 valence electrons. The number of rotatable bonds is 6. The van der Waals surface area contributed by atoms with Gasteiger partial charge in [0.15, 0.2) is 0 Å². The topological polar surface area (TPSA) is 87.7 Å². The van der Waals surface area contributed by atoms with Gasteiger partial charge in [0, 0.05) is 30.7 Å². The van der Waals surface area contributed by atoms with E-state index in [-0.39, 0.29) is 33.7 Å². The number of carbonyl (C=O) groups is 1. The Morgan fingerprint density at radius 3 is 2.47 bits per heavy atom. The van der Waals surface area contributed by atoms with Crippen molar-refractivity contribution in [3.63, 3.8) is 0 Å². The summed E-state index contributed by atoms with van der Waals surface area (Å²) in [6.45, 7) is 12.1. The fraction of sp³-hybridized carbons (Fsp3) is 0.708. The van der Waals surface area contributed by atoms with Crippen LogP contribution in [0.25, 0.3) is 0 Å². The quantitative estimate of drug-likeness (QED) is 0.675. The number of carbonyl (C=O) groups excluding carboxylic acids is 1. The van der Waals surface area contributed by atoms with Crippen LogP contribution in [0.3, 0.4) is 0 Å². The number of morpholine rings is 1. The van der Waals surface area contributed by atoms with Gasteiger partial charge in [-0.15, -0.1) is 0 Å². The van der Waals surface area contributed by atoms with Gasteiger partial charge in [0.1, 0.15) is 4.90 Å². The zero-order valence-electron chi connectivity index (χ0n) is 19.9. The minimum atomic E-state index is -3.75. The fourth-order valence-electron chi connectivity index (χ4n) is 6.11. The smallest absolute Gasteiger partial charge is 0.251 e. The predicted octanol–water partition coefficient (Wildman–Crippen LogP) is 3.47. The van der Waals surface area contributed by atoms with Gasteiger partial charge in [0.2, 0.25) is 10.0 Å². The number of ether oxygens (including phenoxy) is 1. The highest BCUT2D eigenvalue weighted by Crippen LogP contribution is 2.62. The zero-order chi connectivity index (χ0) is 23.3. The summed E-state index contributed by atoms with van der Waals surface area (Å²) >= 11 is 0. The van der Waals surface area contributed by atoms with Crippen molar-refractivity contribution in [1.29, 1.82) is 0 Å². The van der Waals surface area contributed by atoms with Gasteiger partial charge in [-0.2, -0.15) is 4.31 Å². The molecule has 0 radical (unpaired) electrons. The maximum absolute atomic E-state index is 13.5. The lowest BCUT2D eigenvalue weighted by Gasteiger charge is -2.43. The van der Waals surface area contributed by atoms with E-state index < -0.39 is 10.0 Å². The molecule has 1 aromatic carbocycles. The van der Waals surface area contributed by atoms with Crippen molar-refractivity contribution < 1.29 is 17.9 Å². The first-order chi connectivity index (χ1) is 14.9. The Bertz CT molecular complexity index is 980. The van der Waals surface area contributed by atoms with E-state index in [0.717, 1.165) is 12.8 Å². The Morgan fingerprint density at radius 1 is 1.19 bits per heavy atom. The number of nitrogens with one attached hydrogen (secondary N) is 2. The van der Waals surface area contributed by atoms with E-state index in [9.17, 15) is 13.2 Å². The van der Waals surface area contributed by atoms with Gasteiger partial charge < -0.3 is 15.4 Å². The molecule has 2 N–H and O–H groups in total. The van der Waals surface area contributed by atoms with Gasteiger partial charge in [-0.3, -0.25) is 4.79 Å². The standard InChI is InChI=1S/C24H37N3O4S/c1-16(2)25-19-7-6-17(14-20(19)32(29,30)27-10-12-31-13-11-27)21(28)26-22-23(3,4)18-8-9-24(22,5)15-18/h6-7,14,16,18,22,25H,8-13,15H2,1-5H3,(H,26,28)/t18-,22?,24-/m0/s1. The van der Waals surface area contributed by atoms with Gasteiger partial charge in [-0.1, -0.05) is 20.8 Å². The maximum atomic E-state index is 13.5. The summed E-state index contributed by atoms with van der Waals surface area (Å²) < 4.78 is 33.7. The highest BCUT2D eigenvalue weighted by molar-refractivity contribution is 7.89. The molecule has 2 aliphatic carbocycles. The Labute approximate surface area is 192 Å². The number of hydrogen-bond acceptors (Lipinski definition) is 5. The van der Waals surface area contributed by atoms with E-state index in [2.05, 4.69) is 31.4 Å². The van der Waals surface area contributed by atoms with Crippen LogP contribution in [0.2, 0.25) is 0 Å². The number of benzene rings is 1. The molecule has 8 heteroatoms. The molecule has 3 fully saturated rings. The molecule has 3 aliphatic rings. The van der Waals surface area contributed by atoms with Crippen LogP contribution in [0.15, 0.2) is 23.1 Å². The van der Waals surface area contributed by atoms with Crippen LogP contribution >= 0.6 is 0 Å². The molecule has 32 heavy (non-hydrogen) atoms. The lowest BCUT2D eigenvalue weighted by Crippen LogP contribution is -2.52. The summed E-state index contributed by atoms with van der Waals surface area (Å²) in [7, 11) is -3.75. The van der Waals surface area contributed by atoms with E-state index in [1.807, 2.05) is 13.8 Å². The third-order valence-corrected chi connectivity index (χ3v) is 9.76. The molecule has 3 atom stereocenters. The van der Waals surface area contributed by atoms with Gasteiger partial charge in [-0.25, -0.2) is 8.42 Å². The lowest BCUT2D eigenvalue weighted by molar-refractivity contribution is 0.0729. The summed E-state index contributed by atoms with van der Waals surface area (Å²) in [4.78, 5) is 13.5. The first-order valence-electron chi connectivity index (χ1n) is 11.7. The summed E-state index contributed by atoms with van der Waals surface area (Å²) in [5, 5.41) is 6.52. The van der Waals surface area contributed by atoms with Crippen LogP contribution in [-0.4, -0.2) is 57.0 Å². The molecule has 2 bridgehead atoms. The zero-order valence-corrected chi connectivity index (χ0v) is 20.7. The van der Waals surface area contributed by atoms with Crippen molar-refractivity contribution in [1.82, 2.24) is 9.62 Å². The Kier molecular flexibility index (Phi) is 6.09. The van der Waals surface area contributed by atoms with Crippen molar-refractivity contribution in [2.24, 2.45) is 16.7 Å². The Hall–Kier alpha value is -1.64. The van der Waals surface area contributed by atoms with Crippen molar-refractivity contribution >= 4 is 21.6 Å². The third kappa shape index (κ3) is 4.05. The molecule has 1 amide bonds. The van der Waals surface area contributed by atoms with Crippen molar-refractivity contribution in [2.75, 3.05) is 31.6 Å². The average Bonchev–Trinajstić information content (AvgIpc) is 3.22. The van der Waals surface area contributed by atoms with Gasteiger partial charge >= 0.3 is 0 Å². The molecule has 0 aromatic heterocycles. The molecule has 2 saturated carbocycles. The first-order valence-corrected chi connectivity index (χ1v) is 13.2. The number of amides is 1. The highest BCUT2D eigenvalue weighted by Gasteiger charge is 2.59. The largest absolute Gasteiger partial charge is 0.382 e. The average molecular weight is 464 g/mol. The number of fused-ring (bicyclic) bond motifs is 2. The predicted molar refractivity (Wildman–Crippen MR) is 125 cm³/mol. The number of anilines is 1. The number of sulfonamides is 1.